The van der Waals surface area contributed by atoms with E-state index in [0.717, 1.165) is 0 Å². The smallest absolute Gasteiger partial charge is 0.328 e. The lowest BCUT2D eigenvalue weighted by atomic mass is 10.0. The summed E-state index contributed by atoms with van der Waals surface area (Å²) < 4.78 is 4.75. The third-order valence-electron chi connectivity index (χ3n) is 3.63. The second-order valence-corrected chi connectivity index (χ2v) is 5.21. The van der Waals surface area contributed by atoms with E-state index < -0.39 is 17.9 Å². The number of nitriles is 2. The van der Waals surface area contributed by atoms with Crippen LogP contribution in [0.4, 0.5) is 0 Å². The molecule has 0 aromatic heterocycles. The van der Waals surface area contributed by atoms with E-state index in [2.05, 4.69) is 11.4 Å². The predicted octanol–water partition coefficient (Wildman–Crippen LogP) is 1.94. The van der Waals surface area contributed by atoms with Crippen molar-refractivity contribution in [3.63, 3.8) is 0 Å². The molecule has 0 bridgehead atoms. The molecule has 1 N–H and O–H groups in total. The highest BCUT2D eigenvalue weighted by molar-refractivity contribution is 5.96. The standard InChI is InChI=1S/C19H15N3O3/c1-25-19(24)17(10-15-4-2-3-5-16(15)12-21)22-18(23)14-8-6-13(11-20)7-9-14/h2-9,17H,10H2,1H3,(H,22,23)/t17-/m1/s1. The highest BCUT2D eigenvalue weighted by atomic mass is 16.5. The lowest BCUT2D eigenvalue weighted by Gasteiger charge is -2.17. The summed E-state index contributed by atoms with van der Waals surface area (Å²) in [4.78, 5) is 24.4. The van der Waals surface area contributed by atoms with Gasteiger partial charge in [0.25, 0.3) is 5.91 Å². The molecule has 1 amide bonds. The fourth-order valence-corrected chi connectivity index (χ4v) is 2.30. The number of benzene rings is 2. The number of hydrogen-bond donors (Lipinski definition) is 1. The van der Waals surface area contributed by atoms with E-state index in [1.165, 1.54) is 31.4 Å². The van der Waals surface area contributed by atoms with Gasteiger partial charge >= 0.3 is 5.97 Å². The molecule has 0 spiro atoms. The van der Waals surface area contributed by atoms with Gasteiger partial charge in [-0.2, -0.15) is 10.5 Å². The molecule has 0 unspecified atom stereocenters. The molecule has 0 aliphatic carbocycles. The Labute approximate surface area is 145 Å². The third-order valence-corrected chi connectivity index (χ3v) is 3.63. The molecule has 1 atom stereocenters. The highest BCUT2D eigenvalue weighted by Gasteiger charge is 2.23. The number of carbonyl (C=O) groups excluding carboxylic acids is 2. The lowest BCUT2D eigenvalue weighted by molar-refractivity contribution is -0.142. The van der Waals surface area contributed by atoms with Crippen molar-refractivity contribution in [1.29, 1.82) is 10.5 Å². The van der Waals surface area contributed by atoms with E-state index in [1.54, 1.807) is 24.3 Å². The van der Waals surface area contributed by atoms with Crippen LogP contribution in [0.25, 0.3) is 0 Å². The Hall–Kier alpha value is -3.64. The van der Waals surface area contributed by atoms with Gasteiger partial charge in [0.15, 0.2) is 0 Å². The van der Waals surface area contributed by atoms with Gasteiger partial charge in [-0.25, -0.2) is 4.79 Å². The number of nitrogens with one attached hydrogen (secondary N) is 1. The van der Waals surface area contributed by atoms with Gasteiger partial charge in [0.05, 0.1) is 30.4 Å². The Kier molecular flexibility index (Phi) is 5.86. The Morgan fingerprint density at radius 3 is 2.36 bits per heavy atom. The van der Waals surface area contributed by atoms with Crippen LogP contribution >= 0.6 is 0 Å². The summed E-state index contributed by atoms with van der Waals surface area (Å²) in [6.45, 7) is 0. The van der Waals surface area contributed by atoms with Gasteiger partial charge in [0.2, 0.25) is 0 Å². The van der Waals surface area contributed by atoms with Crippen LogP contribution in [0.15, 0.2) is 48.5 Å². The monoisotopic (exact) mass is 333 g/mol. The minimum atomic E-state index is -0.928. The van der Waals surface area contributed by atoms with Crippen molar-refractivity contribution < 1.29 is 14.3 Å². The van der Waals surface area contributed by atoms with Crippen molar-refractivity contribution in [3.05, 3.63) is 70.8 Å². The molecule has 2 aromatic rings. The number of amides is 1. The molecule has 0 aliphatic rings. The van der Waals surface area contributed by atoms with Crippen molar-refractivity contribution in [1.82, 2.24) is 5.32 Å². The zero-order valence-electron chi connectivity index (χ0n) is 13.5. The van der Waals surface area contributed by atoms with Crippen molar-refractivity contribution in [2.75, 3.05) is 7.11 Å². The van der Waals surface area contributed by atoms with Crippen LogP contribution in [0.2, 0.25) is 0 Å². The molecule has 0 fully saturated rings. The molecule has 0 radical (unpaired) electrons. The van der Waals surface area contributed by atoms with Crippen molar-refractivity contribution in [2.24, 2.45) is 0 Å². The van der Waals surface area contributed by atoms with Gasteiger partial charge in [0, 0.05) is 12.0 Å². The first kappa shape index (κ1) is 17.7. The number of ether oxygens (including phenoxy) is 1. The van der Waals surface area contributed by atoms with Crippen molar-refractivity contribution >= 4 is 11.9 Å². The summed E-state index contributed by atoms with van der Waals surface area (Å²) >= 11 is 0. The molecule has 6 nitrogen and oxygen atoms in total. The summed E-state index contributed by atoms with van der Waals surface area (Å²) in [5, 5.41) is 20.6. The van der Waals surface area contributed by atoms with Gasteiger partial charge in [-0.3, -0.25) is 4.79 Å². The number of rotatable bonds is 5. The van der Waals surface area contributed by atoms with E-state index in [9.17, 15) is 9.59 Å². The third kappa shape index (κ3) is 4.43. The van der Waals surface area contributed by atoms with Crippen molar-refractivity contribution in [3.8, 4) is 12.1 Å². The maximum absolute atomic E-state index is 12.4. The van der Waals surface area contributed by atoms with Gasteiger partial charge in [-0.15, -0.1) is 0 Å². The number of esters is 1. The van der Waals surface area contributed by atoms with Crippen LogP contribution in [-0.4, -0.2) is 25.0 Å². The molecule has 2 aromatic carbocycles. The first-order chi connectivity index (χ1) is 12.1. The molecule has 2 rings (SSSR count). The van der Waals surface area contributed by atoms with E-state index >= 15 is 0 Å². The molecule has 0 heterocycles. The summed E-state index contributed by atoms with van der Waals surface area (Å²) in [6.07, 6.45) is 0.137. The van der Waals surface area contributed by atoms with Crippen LogP contribution in [0, 0.1) is 22.7 Å². The van der Waals surface area contributed by atoms with Gasteiger partial charge in [-0.05, 0) is 35.9 Å². The van der Waals surface area contributed by atoms with Crippen LogP contribution in [0.5, 0.6) is 0 Å². The Morgan fingerprint density at radius 1 is 1.08 bits per heavy atom. The van der Waals surface area contributed by atoms with Crippen LogP contribution < -0.4 is 5.32 Å². The van der Waals surface area contributed by atoms with E-state index in [1.807, 2.05) is 6.07 Å². The average molecular weight is 333 g/mol. The van der Waals surface area contributed by atoms with Gasteiger partial charge in [0.1, 0.15) is 6.04 Å². The Bertz CT molecular complexity index is 861. The van der Waals surface area contributed by atoms with Crippen molar-refractivity contribution in [2.45, 2.75) is 12.5 Å². The quantitative estimate of drug-likeness (QED) is 0.842. The minimum absolute atomic E-state index is 0.137. The van der Waals surface area contributed by atoms with E-state index in [0.29, 0.717) is 22.3 Å². The van der Waals surface area contributed by atoms with Gasteiger partial charge in [-0.1, -0.05) is 18.2 Å². The molecule has 0 aliphatic heterocycles. The Balaban J connectivity index is 2.20. The second-order valence-electron chi connectivity index (χ2n) is 5.21. The van der Waals surface area contributed by atoms with E-state index in [4.69, 9.17) is 15.3 Å². The molecule has 0 saturated heterocycles. The average Bonchev–Trinajstić information content (AvgIpc) is 2.67. The Morgan fingerprint density at radius 2 is 1.76 bits per heavy atom. The maximum atomic E-state index is 12.4. The zero-order chi connectivity index (χ0) is 18.2. The molecule has 0 saturated carbocycles. The number of carbonyl (C=O) groups is 2. The summed E-state index contributed by atoms with van der Waals surface area (Å²) in [7, 11) is 1.24. The van der Waals surface area contributed by atoms with Crippen LogP contribution in [0.1, 0.15) is 27.0 Å². The topological polar surface area (TPSA) is 103 Å². The SMILES string of the molecule is COC(=O)[C@@H](Cc1ccccc1C#N)NC(=O)c1ccc(C#N)cc1. The van der Waals surface area contributed by atoms with Crippen LogP contribution in [0.3, 0.4) is 0 Å². The summed E-state index contributed by atoms with van der Waals surface area (Å²) in [5.74, 6) is -1.07. The van der Waals surface area contributed by atoms with Crippen LogP contribution in [-0.2, 0) is 16.0 Å². The first-order valence-corrected chi connectivity index (χ1v) is 7.46. The predicted molar refractivity (Wildman–Crippen MR) is 89.3 cm³/mol. The second kappa shape index (κ2) is 8.28. The fourth-order valence-electron chi connectivity index (χ4n) is 2.30. The van der Waals surface area contributed by atoms with E-state index in [-0.39, 0.29) is 6.42 Å². The number of methoxy groups -OCH3 is 1. The fraction of sp³-hybridized carbons (Fsp3) is 0.158. The van der Waals surface area contributed by atoms with Gasteiger partial charge < -0.3 is 10.1 Å². The highest BCUT2D eigenvalue weighted by Crippen LogP contribution is 2.12. The normalized spacial score (nSPS) is 10.8. The summed E-state index contributed by atoms with van der Waals surface area (Å²) in [6, 6.07) is 16.0. The summed E-state index contributed by atoms with van der Waals surface area (Å²) in [5.41, 5.74) is 1.83. The largest absolute Gasteiger partial charge is 0.467 e. The molecule has 6 heteroatoms. The zero-order valence-corrected chi connectivity index (χ0v) is 13.5. The first-order valence-electron chi connectivity index (χ1n) is 7.46. The number of hydrogen-bond acceptors (Lipinski definition) is 5. The molecular formula is C19H15N3O3. The molecular weight excluding hydrogens is 318 g/mol. The lowest BCUT2D eigenvalue weighted by Crippen LogP contribution is -2.43. The maximum Gasteiger partial charge on any atom is 0.328 e. The molecule has 25 heavy (non-hydrogen) atoms. The number of nitrogens with zero attached hydrogens (tertiary/aromatic N) is 2. The minimum Gasteiger partial charge on any atom is -0.467 e. The molecule has 124 valence electrons.